The number of para-hydroxylation sites is 3. The molecule has 5 aromatic rings. The molecule has 5 nitrogen and oxygen atoms in total. The molecule has 1 saturated heterocycles. The first kappa shape index (κ1) is 29.0. The zero-order valence-corrected chi connectivity index (χ0v) is 26.8. The SMILES string of the molecule is C[n+]1c(/C=C/c2c[nH]c3ccccc23)cc(/C=C2\Sc3ccccc3N2CCCN2CCOCC2)c2ccccc21.[I-]. The van der Waals surface area contributed by atoms with Crippen molar-refractivity contribution < 1.29 is 33.3 Å². The number of morpholine rings is 1. The molecule has 1 N–H and O–H groups in total. The molecule has 0 spiro atoms. The Kier molecular flexibility index (Phi) is 9.00. The van der Waals surface area contributed by atoms with Crippen LogP contribution in [0.25, 0.3) is 40.0 Å². The molecule has 2 aliphatic heterocycles. The van der Waals surface area contributed by atoms with E-state index in [9.17, 15) is 0 Å². The topological polar surface area (TPSA) is 35.4 Å². The quantitative estimate of drug-likeness (QED) is 0.208. The molecule has 42 heavy (non-hydrogen) atoms. The molecule has 0 saturated carbocycles. The van der Waals surface area contributed by atoms with Gasteiger partial charge in [0.25, 0.3) is 0 Å². The van der Waals surface area contributed by atoms with Crippen LogP contribution in [-0.4, -0.2) is 49.3 Å². The van der Waals surface area contributed by atoms with Gasteiger partial charge in [-0.25, -0.2) is 0 Å². The van der Waals surface area contributed by atoms with Gasteiger partial charge in [0, 0.05) is 66.4 Å². The number of halogens is 1. The van der Waals surface area contributed by atoms with Gasteiger partial charge >= 0.3 is 0 Å². The average molecular weight is 687 g/mol. The molecule has 2 aromatic heterocycles. The second-order valence-electron chi connectivity index (χ2n) is 10.7. The summed E-state index contributed by atoms with van der Waals surface area (Å²) in [5, 5.41) is 3.79. The Morgan fingerprint density at radius 1 is 0.881 bits per heavy atom. The van der Waals surface area contributed by atoms with Gasteiger partial charge < -0.3 is 38.6 Å². The van der Waals surface area contributed by atoms with Crippen LogP contribution in [0.4, 0.5) is 5.69 Å². The lowest BCUT2D eigenvalue weighted by Gasteiger charge is -2.28. The number of thioether (sulfide) groups is 1. The maximum Gasteiger partial charge on any atom is 0.213 e. The molecule has 0 bridgehead atoms. The number of aromatic nitrogens is 2. The number of aryl methyl sites for hydroxylation is 1. The van der Waals surface area contributed by atoms with Crippen LogP contribution >= 0.6 is 11.8 Å². The van der Waals surface area contributed by atoms with Crippen LogP contribution in [0.5, 0.6) is 0 Å². The molecule has 214 valence electrons. The fraction of sp³-hybridized carbons (Fsp3) is 0.229. The second-order valence-corrected chi connectivity index (χ2v) is 11.8. The first-order valence-electron chi connectivity index (χ1n) is 14.5. The Labute approximate surface area is 268 Å². The van der Waals surface area contributed by atoms with Gasteiger partial charge in [0.2, 0.25) is 11.2 Å². The van der Waals surface area contributed by atoms with Crippen molar-refractivity contribution in [2.45, 2.75) is 11.3 Å². The zero-order chi connectivity index (χ0) is 27.6. The minimum absolute atomic E-state index is 0. The predicted molar refractivity (Wildman–Crippen MR) is 172 cm³/mol. The number of nitrogens with one attached hydrogen (secondary N) is 1. The minimum Gasteiger partial charge on any atom is -1.00 e. The Hall–Kier alpha value is -3.11. The summed E-state index contributed by atoms with van der Waals surface area (Å²) in [5.41, 5.74) is 7.30. The zero-order valence-electron chi connectivity index (χ0n) is 23.8. The number of H-pyrrole nitrogens is 1. The van der Waals surface area contributed by atoms with E-state index < -0.39 is 0 Å². The lowest BCUT2D eigenvalue weighted by Crippen LogP contribution is -3.00. The molecule has 1 fully saturated rings. The van der Waals surface area contributed by atoms with Crippen LogP contribution in [-0.2, 0) is 11.8 Å². The van der Waals surface area contributed by atoms with Crippen LogP contribution in [0.1, 0.15) is 23.2 Å². The van der Waals surface area contributed by atoms with E-state index in [1.807, 2.05) is 11.8 Å². The van der Waals surface area contributed by atoms with E-state index in [0.717, 1.165) is 51.3 Å². The molecule has 0 atom stereocenters. The third kappa shape index (κ3) is 5.88. The molecule has 2 aliphatic rings. The normalized spacial score (nSPS) is 16.5. The summed E-state index contributed by atoms with van der Waals surface area (Å²) in [7, 11) is 2.16. The monoisotopic (exact) mass is 686 g/mol. The molecular formula is C35H35IN4OS. The molecule has 0 aliphatic carbocycles. The fourth-order valence-electron chi connectivity index (χ4n) is 5.97. The van der Waals surface area contributed by atoms with Gasteiger partial charge in [0.05, 0.1) is 29.3 Å². The van der Waals surface area contributed by atoms with Gasteiger partial charge in [-0.1, -0.05) is 54.2 Å². The Balaban J connectivity index is 0.00000316. The van der Waals surface area contributed by atoms with E-state index in [4.69, 9.17) is 4.74 Å². The first-order valence-corrected chi connectivity index (χ1v) is 15.3. The Bertz CT molecular complexity index is 1770. The summed E-state index contributed by atoms with van der Waals surface area (Å²) in [6.07, 6.45) is 10.1. The number of fused-ring (bicyclic) bond motifs is 3. The third-order valence-electron chi connectivity index (χ3n) is 8.20. The number of rotatable bonds is 7. The van der Waals surface area contributed by atoms with E-state index in [0.29, 0.717) is 0 Å². The van der Waals surface area contributed by atoms with Crippen molar-refractivity contribution in [3.63, 3.8) is 0 Å². The number of pyridine rings is 1. The van der Waals surface area contributed by atoms with Crippen molar-refractivity contribution in [2.75, 3.05) is 44.3 Å². The Morgan fingerprint density at radius 3 is 2.52 bits per heavy atom. The largest absolute Gasteiger partial charge is 1.00 e. The molecule has 3 aromatic carbocycles. The molecule has 7 rings (SSSR count). The predicted octanol–water partition coefficient (Wildman–Crippen LogP) is 3.95. The summed E-state index contributed by atoms with van der Waals surface area (Å²) in [6, 6.07) is 28.3. The summed E-state index contributed by atoms with van der Waals surface area (Å²) in [6.45, 7) is 5.88. The fourth-order valence-corrected chi connectivity index (χ4v) is 7.11. The number of hydrogen-bond donors (Lipinski definition) is 1. The van der Waals surface area contributed by atoms with Gasteiger partial charge in [-0.05, 0) is 54.0 Å². The highest BCUT2D eigenvalue weighted by Gasteiger charge is 2.26. The number of anilines is 1. The average Bonchev–Trinajstić information content (AvgIpc) is 3.59. The number of nitrogens with zero attached hydrogens (tertiary/aromatic N) is 3. The van der Waals surface area contributed by atoms with E-state index in [1.54, 1.807) is 0 Å². The van der Waals surface area contributed by atoms with Crippen molar-refractivity contribution >= 4 is 57.5 Å². The number of aromatic amines is 1. The number of benzene rings is 3. The van der Waals surface area contributed by atoms with Gasteiger partial charge in [-0.15, -0.1) is 0 Å². The van der Waals surface area contributed by atoms with Crippen molar-refractivity contribution in [2.24, 2.45) is 7.05 Å². The maximum absolute atomic E-state index is 5.55. The van der Waals surface area contributed by atoms with Crippen molar-refractivity contribution in [1.82, 2.24) is 9.88 Å². The second kappa shape index (κ2) is 13.0. The summed E-state index contributed by atoms with van der Waals surface area (Å²) in [5.74, 6) is 0. The van der Waals surface area contributed by atoms with E-state index in [2.05, 4.69) is 130 Å². The highest BCUT2D eigenvalue weighted by Crippen LogP contribution is 2.46. The Morgan fingerprint density at radius 2 is 1.64 bits per heavy atom. The molecule has 0 unspecified atom stereocenters. The van der Waals surface area contributed by atoms with Crippen molar-refractivity contribution in [1.29, 1.82) is 0 Å². The number of ether oxygens (including phenoxy) is 1. The van der Waals surface area contributed by atoms with Crippen LogP contribution in [0, 0.1) is 0 Å². The lowest BCUT2D eigenvalue weighted by molar-refractivity contribution is -0.646. The van der Waals surface area contributed by atoms with E-state index in [-0.39, 0.29) is 24.0 Å². The highest BCUT2D eigenvalue weighted by atomic mass is 127. The van der Waals surface area contributed by atoms with Crippen molar-refractivity contribution in [3.8, 4) is 0 Å². The summed E-state index contributed by atoms with van der Waals surface area (Å²) >= 11 is 1.88. The third-order valence-corrected chi connectivity index (χ3v) is 9.31. The number of hydrogen-bond acceptors (Lipinski definition) is 4. The maximum atomic E-state index is 5.55. The van der Waals surface area contributed by atoms with Crippen LogP contribution in [0.2, 0.25) is 0 Å². The summed E-state index contributed by atoms with van der Waals surface area (Å²) in [4.78, 5) is 9.77. The molecule has 0 amide bonds. The van der Waals surface area contributed by atoms with Crippen molar-refractivity contribution in [3.05, 3.63) is 107 Å². The standard InChI is InChI=1S/C35H34N4OS.HI/c1-37-28(16-15-26-25-36-31-11-4-2-9-29(26)31)23-27(30-10-3-5-12-32(30)37)24-35-39(33-13-6-7-14-34(33)41-35)18-8-17-38-19-21-40-22-20-38;/h2-7,9-16,23-25H,8,17-22H2,1H3;1H/b35-24-;. The molecule has 7 heteroatoms. The molecule has 0 radical (unpaired) electrons. The van der Waals surface area contributed by atoms with Crippen LogP contribution in [0.15, 0.2) is 95.0 Å². The van der Waals surface area contributed by atoms with Gasteiger partial charge in [0.15, 0.2) is 0 Å². The van der Waals surface area contributed by atoms with Gasteiger partial charge in [-0.3, -0.25) is 4.90 Å². The smallest absolute Gasteiger partial charge is 0.213 e. The van der Waals surface area contributed by atoms with Crippen LogP contribution < -0.4 is 33.4 Å². The molecular weight excluding hydrogens is 651 g/mol. The van der Waals surface area contributed by atoms with E-state index in [1.165, 1.54) is 48.7 Å². The minimum atomic E-state index is 0. The van der Waals surface area contributed by atoms with Gasteiger partial charge in [0.1, 0.15) is 7.05 Å². The highest BCUT2D eigenvalue weighted by molar-refractivity contribution is 8.03. The summed E-state index contributed by atoms with van der Waals surface area (Å²) < 4.78 is 7.84. The lowest BCUT2D eigenvalue weighted by atomic mass is 10.1. The first-order chi connectivity index (χ1) is 20.2. The van der Waals surface area contributed by atoms with Gasteiger partial charge in [-0.2, -0.15) is 4.57 Å². The van der Waals surface area contributed by atoms with E-state index >= 15 is 0 Å². The van der Waals surface area contributed by atoms with Crippen LogP contribution in [0.3, 0.4) is 0 Å². The molecule has 4 heterocycles.